The number of carbonyl (C=O) groups is 2. The molecule has 0 aromatic heterocycles. The third-order valence-corrected chi connectivity index (χ3v) is 6.32. The first-order chi connectivity index (χ1) is 16.2. The van der Waals surface area contributed by atoms with Crippen LogP contribution < -0.4 is 20.1 Å². The molecule has 0 saturated carbocycles. The van der Waals surface area contributed by atoms with E-state index in [9.17, 15) is 18.0 Å². The van der Waals surface area contributed by atoms with Crippen LogP contribution in [-0.2, 0) is 21.3 Å². The van der Waals surface area contributed by atoms with Gasteiger partial charge in [-0.1, -0.05) is 18.2 Å². The molecule has 178 valence electrons. The van der Waals surface area contributed by atoms with Gasteiger partial charge in [0.15, 0.2) is 0 Å². The number of anilines is 2. The van der Waals surface area contributed by atoms with E-state index in [4.69, 9.17) is 4.74 Å². The fraction of sp³-hybridized carbons (Fsp3) is 0.167. The van der Waals surface area contributed by atoms with Gasteiger partial charge in [-0.2, -0.15) is 0 Å². The van der Waals surface area contributed by atoms with Crippen LogP contribution >= 0.6 is 0 Å². The maximum Gasteiger partial charge on any atom is 0.411 e. The van der Waals surface area contributed by atoms with E-state index in [1.165, 1.54) is 26.4 Å². The lowest BCUT2D eigenvalue weighted by molar-refractivity contribution is 0.0950. The van der Waals surface area contributed by atoms with Crippen LogP contribution in [0.3, 0.4) is 0 Å². The number of methoxy groups -OCH3 is 2. The van der Waals surface area contributed by atoms with Gasteiger partial charge in [0.05, 0.1) is 19.1 Å². The summed E-state index contributed by atoms with van der Waals surface area (Å²) >= 11 is 0. The average Bonchev–Trinajstić information content (AvgIpc) is 2.83. The average molecular weight is 484 g/mol. The number of rotatable bonds is 8. The number of benzene rings is 3. The third-order valence-electron chi connectivity index (χ3n) is 4.94. The highest BCUT2D eigenvalue weighted by atomic mass is 32.2. The molecule has 0 aliphatic rings. The van der Waals surface area contributed by atoms with Crippen molar-refractivity contribution in [2.75, 3.05) is 24.3 Å². The monoisotopic (exact) mass is 483 g/mol. The van der Waals surface area contributed by atoms with Gasteiger partial charge < -0.3 is 14.8 Å². The summed E-state index contributed by atoms with van der Waals surface area (Å²) < 4.78 is 37.8. The Labute approximate surface area is 198 Å². The maximum atomic E-state index is 12.8. The van der Waals surface area contributed by atoms with E-state index in [0.717, 1.165) is 5.56 Å². The van der Waals surface area contributed by atoms with E-state index in [2.05, 4.69) is 20.1 Å². The molecule has 0 spiro atoms. The molecule has 0 saturated heterocycles. The molecule has 9 nitrogen and oxygen atoms in total. The van der Waals surface area contributed by atoms with Gasteiger partial charge >= 0.3 is 6.09 Å². The van der Waals surface area contributed by atoms with Gasteiger partial charge in [-0.25, -0.2) is 13.2 Å². The molecule has 0 radical (unpaired) electrons. The maximum absolute atomic E-state index is 12.8. The molecule has 0 aliphatic carbocycles. The second-order valence-electron chi connectivity index (χ2n) is 7.31. The zero-order valence-corrected chi connectivity index (χ0v) is 19.7. The number of ether oxygens (including phenoxy) is 2. The van der Waals surface area contributed by atoms with Crippen molar-refractivity contribution in [3.8, 4) is 5.75 Å². The zero-order chi connectivity index (χ0) is 24.7. The highest BCUT2D eigenvalue weighted by Crippen LogP contribution is 2.21. The summed E-state index contributed by atoms with van der Waals surface area (Å²) in [5, 5.41) is 5.33. The summed E-state index contributed by atoms with van der Waals surface area (Å²) in [4.78, 5) is 24.0. The Hall–Kier alpha value is -4.05. The summed E-state index contributed by atoms with van der Waals surface area (Å²) in [6, 6.07) is 17.7. The van der Waals surface area contributed by atoms with E-state index < -0.39 is 22.0 Å². The van der Waals surface area contributed by atoms with Crippen molar-refractivity contribution < 1.29 is 27.5 Å². The fourth-order valence-corrected chi connectivity index (χ4v) is 4.12. The third kappa shape index (κ3) is 6.26. The molecule has 3 aromatic carbocycles. The van der Waals surface area contributed by atoms with Crippen LogP contribution in [0.1, 0.15) is 21.5 Å². The van der Waals surface area contributed by atoms with Gasteiger partial charge in [0, 0.05) is 23.5 Å². The van der Waals surface area contributed by atoms with Gasteiger partial charge in [-0.3, -0.25) is 14.8 Å². The van der Waals surface area contributed by atoms with Crippen molar-refractivity contribution in [3.05, 3.63) is 83.4 Å². The molecule has 3 aromatic rings. The highest BCUT2D eigenvalue weighted by Gasteiger charge is 2.18. The van der Waals surface area contributed by atoms with E-state index in [0.29, 0.717) is 22.7 Å². The molecular weight excluding hydrogens is 458 g/mol. The largest absolute Gasteiger partial charge is 0.497 e. The summed E-state index contributed by atoms with van der Waals surface area (Å²) in [6.07, 6.45) is -0.576. The van der Waals surface area contributed by atoms with Gasteiger partial charge in [0.25, 0.3) is 15.9 Å². The van der Waals surface area contributed by atoms with E-state index in [-0.39, 0.29) is 17.0 Å². The number of hydrogen-bond donors (Lipinski definition) is 3. The quantitative estimate of drug-likeness (QED) is 0.446. The number of amides is 2. The van der Waals surface area contributed by atoms with Crippen LogP contribution in [0.2, 0.25) is 0 Å². The first-order valence-corrected chi connectivity index (χ1v) is 11.7. The van der Waals surface area contributed by atoms with Crippen LogP contribution in [-0.4, -0.2) is 34.6 Å². The standard InChI is InChI=1S/C24H25N3O6S/c1-16-4-13-21(34(30,31)27-19-9-11-20(32-2)12-10-19)14-22(16)23(28)25-15-17-5-7-18(8-6-17)26-24(29)33-3/h4-14,27H,15H2,1-3H3,(H,25,28)(H,26,29). The Kier molecular flexibility index (Phi) is 7.75. The molecule has 0 fully saturated rings. The highest BCUT2D eigenvalue weighted by molar-refractivity contribution is 7.92. The van der Waals surface area contributed by atoms with Crippen molar-refractivity contribution in [1.82, 2.24) is 5.32 Å². The van der Waals surface area contributed by atoms with Crippen molar-refractivity contribution >= 4 is 33.4 Å². The van der Waals surface area contributed by atoms with Gasteiger partial charge in [-0.15, -0.1) is 0 Å². The molecule has 10 heteroatoms. The second kappa shape index (κ2) is 10.7. The van der Waals surface area contributed by atoms with E-state index in [1.807, 2.05) is 0 Å². The molecule has 3 N–H and O–H groups in total. The van der Waals surface area contributed by atoms with Crippen LogP contribution in [0.5, 0.6) is 5.75 Å². The molecule has 2 amide bonds. The predicted octanol–water partition coefficient (Wildman–Crippen LogP) is 3.91. The lowest BCUT2D eigenvalue weighted by Gasteiger charge is -2.12. The number of hydrogen-bond acceptors (Lipinski definition) is 6. The molecule has 0 unspecified atom stereocenters. The normalized spacial score (nSPS) is 10.8. The van der Waals surface area contributed by atoms with E-state index in [1.54, 1.807) is 61.5 Å². The first-order valence-electron chi connectivity index (χ1n) is 10.2. The van der Waals surface area contributed by atoms with Crippen molar-refractivity contribution in [3.63, 3.8) is 0 Å². The van der Waals surface area contributed by atoms with Crippen molar-refractivity contribution in [1.29, 1.82) is 0 Å². The molecule has 34 heavy (non-hydrogen) atoms. The second-order valence-corrected chi connectivity index (χ2v) is 8.99. The number of carbonyl (C=O) groups excluding carboxylic acids is 2. The van der Waals surface area contributed by atoms with Crippen LogP contribution in [0.25, 0.3) is 0 Å². The van der Waals surface area contributed by atoms with Crippen LogP contribution in [0.15, 0.2) is 71.6 Å². The zero-order valence-electron chi connectivity index (χ0n) is 18.9. The van der Waals surface area contributed by atoms with Gasteiger partial charge in [-0.05, 0) is 66.6 Å². The minimum atomic E-state index is -3.91. The van der Waals surface area contributed by atoms with Crippen LogP contribution in [0.4, 0.5) is 16.2 Å². The SMILES string of the molecule is COC(=O)Nc1ccc(CNC(=O)c2cc(S(=O)(=O)Nc3ccc(OC)cc3)ccc2C)cc1. The lowest BCUT2D eigenvalue weighted by Crippen LogP contribution is -2.24. The summed E-state index contributed by atoms with van der Waals surface area (Å²) in [6.45, 7) is 1.95. The fourth-order valence-electron chi connectivity index (χ4n) is 3.04. The Bertz CT molecular complexity index is 1270. The molecular formula is C24H25N3O6S. The molecule has 0 aliphatic heterocycles. The van der Waals surface area contributed by atoms with Gasteiger partial charge in [0.2, 0.25) is 0 Å². The van der Waals surface area contributed by atoms with E-state index >= 15 is 0 Å². The molecule has 3 rings (SSSR count). The Balaban J connectivity index is 1.69. The Morgan fingerprint density at radius 2 is 1.53 bits per heavy atom. The summed E-state index contributed by atoms with van der Waals surface area (Å²) in [5.74, 6) is 0.197. The summed E-state index contributed by atoms with van der Waals surface area (Å²) in [5.41, 5.74) is 2.61. The molecule has 0 heterocycles. The Morgan fingerprint density at radius 1 is 0.882 bits per heavy atom. The first kappa shape index (κ1) is 24.6. The lowest BCUT2D eigenvalue weighted by atomic mass is 10.1. The van der Waals surface area contributed by atoms with Crippen molar-refractivity contribution in [2.24, 2.45) is 0 Å². The predicted molar refractivity (Wildman–Crippen MR) is 129 cm³/mol. The minimum Gasteiger partial charge on any atom is -0.497 e. The van der Waals surface area contributed by atoms with Crippen molar-refractivity contribution in [2.45, 2.75) is 18.4 Å². The van der Waals surface area contributed by atoms with Crippen LogP contribution in [0, 0.1) is 6.92 Å². The molecule has 0 bridgehead atoms. The smallest absolute Gasteiger partial charge is 0.411 e. The topological polar surface area (TPSA) is 123 Å². The molecule has 0 atom stereocenters. The number of sulfonamides is 1. The minimum absolute atomic E-state index is 0.0303. The van der Waals surface area contributed by atoms with Gasteiger partial charge in [0.1, 0.15) is 5.75 Å². The Morgan fingerprint density at radius 3 is 2.15 bits per heavy atom. The number of nitrogens with one attached hydrogen (secondary N) is 3. The number of aryl methyl sites for hydroxylation is 1. The summed E-state index contributed by atoms with van der Waals surface area (Å²) in [7, 11) is -1.11.